The van der Waals surface area contributed by atoms with Crippen molar-refractivity contribution in [3.63, 3.8) is 0 Å². The number of carbonyl (C=O) groups is 1. The molecule has 0 aromatic heterocycles. The number of benzene rings is 2. The Labute approximate surface area is 137 Å². The van der Waals surface area contributed by atoms with E-state index in [1.165, 1.54) is 13.2 Å². The molecule has 0 aliphatic carbocycles. The molecule has 0 spiro atoms. The van der Waals surface area contributed by atoms with Crippen LogP contribution in [0, 0.1) is 0 Å². The smallest absolute Gasteiger partial charge is 0.216 e. The standard InChI is InChI=1S/C18H21NO3S/c1-14(20)19-13-12-18(15-6-4-3-5-7-15)16-8-10-17(11-9-16)23(2,21)22/h3-11,18H,12-13H2,1-2H3,(H,19,20)/t18-/m0/s1. The summed E-state index contributed by atoms with van der Waals surface area (Å²) in [5, 5.41) is 2.82. The lowest BCUT2D eigenvalue weighted by Gasteiger charge is -2.18. The summed E-state index contributed by atoms with van der Waals surface area (Å²) >= 11 is 0. The molecule has 1 atom stereocenters. The monoisotopic (exact) mass is 331 g/mol. The Morgan fingerprint density at radius 1 is 1.00 bits per heavy atom. The fourth-order valence-electron chi connectivity index (χ4n) is 2.55. The highest BCUT2D eigenvalue weighted by atomic mass is 32.2. The number of carbonyl (C=O) groups excluding carboxylic acids is 1. The molecule has 23 heavy (non-hydrogen) atoms. The first-order valence-electron chi connectivity index (χ1n) is 7.47. The lowest BCUT2D eigenvalue weighted by molar-refractivity contribution is -0.118. The Morgan fingerprint density at radius 3 is 2.09 bits per heavy atom. The molecule has 0 radical (unpaired) electrons. The summed E-state index contributed by atoms with van der Waals surface area (Å²) in [5.74, 6) is 0.0564. The molecule has 0 saturated heterocycles. The van der Waals surface area contributed by atoms with E-state index >= 15 is 0 Å². The maximum Gasteiger partial charge on any atom is 0.216 e. The van der Waals surface area contributed by atoms with Gasteiger partial charge in [-0.2, -0.15) is 0 Å². The zero-order valence-electron chi connectivity index (χ0n) is 13.3. The Morgan fingerprint density at radius 2 is 1.57 bits per heavy atom. The fourth-order valence-corrected chi connectivity index (χ4v) is 3.18. The molecule has 0 saturated carbocycles. The molecule has 2 aromatic carbocycles. The van der Waals surface area contributed by atoms with Crippen LogP contribution < -0.4 is 5.32 Å². The van der Waals surface area contributed by atoms with Crippen LogP contribution in [0.25, 0.3) is 0 Å². The second-order valence-electron chi connectivity index (χ2n) is 5.58. The Kier molecular flexibility index (Phi) is 5.55. The Hall–Kier alpha value is -2.14. The first kappa shape index (κ1) is 17.2. The molecule has 0 aliphatic rings. The van der Waals surface area contributed by atoms with Crippen LogP contribution in [0.3, 0.4) is 0 Å². The first-order chi connectivity index (χ1) is 10.9. The largest absolute Gasteiger partial charge is 0.356 e. The van der Waals surface area contributed by atoms with Crippen LogP contribution in [0.15, 0.2) is 59.5 Å². The van der Waals surface area contributed by atoms with Gasteiger partial charge in [0.25, 0.3) is 0 Å². The fraction of sp³-hybridized carbons (Fsp3) is 0.278. The van der Waals surface area contributed by atoms with Gasteiger partial charge in [0.1, 0.15) is 0 Å². The van der Waals surface area contributed by atoms with Crippen LogP contribution in [0.5, 0.6) is 0 Å². The summed E-state index contributed by atoms with van der Waals surface area (Å²) in [5.41, 5.74) is 2.18. The van der Waals surface area contributed by atoms with Crippen molar-refractivity contribution in [2.45, 2.75) is 24.2 Å². The van der Waals surface area contributed by atoms with Gasteiger partial charge in [-0.3, -0.25) is 4.79 Å². The van der Waals surface area contributed by atoms with Crippen molar-refractivity contribution in [2.24, 2.45) is 0 Å². The van der Waals surface area contributed by atoms with Gasteiger partial charge in [0, 0.05) is 25.6 Å². The summed E-state index contributed by atoms with van der Waals surface area (Å²) in [6.07, 6.45) is 1.95. The summed E-state index contributed by atoms with van der Waals surface area (Å²) in [7, 11) is -3.20. The normalized spacial score (nSPS) is 12.6. The predicted octanol–water partition coefficient (Wildman–Crippen LogP) is 2.75. The van der Waals surface area contributed by atoms with Crippen LogP contribution in [0.4, 0.5) is 0 Å². The van der Waals surface area contributed by atoms with Crippen molar-refractivity contribution in [3.05, 3.63) is 65.7 Å². The number of rotatable bonds is 6. The number of hydrogen-bond donors (Lipinski definition) is 1. The summed E-state index contributed by atoms with van der Waals surface area (Å²) in [4.78, 5) is 11.4. The quantitative estimate of drug-likeness (QED) is 0.885. The molecule has 0 heterocycles. The van der Waals surface area contributed by atoms with Crippen molar-refractivity contribution in [2.75, 3.05) is 12.8 Å². The van der Waals surface area contributed by atoms with E-state index in [2.05, 4.69) is 5.32 Å². The lowest BCUT2D eigenvalue weighted by atomic mass is 9.88. The van der Waals surface area contributed by atoms with Gasteiger partial charge in [0.15, 0.2) is 9.84 Å². The average Bonchev–Trinajstić information content (AvgIpc) is 2.51. The summed E-state index contributed by atoms with van der Waals surface area (Å²) < 4.78 is 23.2. The minimum absolute atomic E-state index is 0.0516. The highest BCUT2D eigenvalue weighted by Crippen LogP contribution is 2.28. The minimum Gasteiger partial charge on any atom is -0.356 e. The van der Waals surface area contributed by atoms with E-state index in [0.717, 1.165) is 17.5 Å². The van der Waals surface area contributed by atoms with E-state index < -0.39 is 9.84 Å². The highest BCUT2D eigenvalue weighted by Gasteiger charge is 2.15. The molecule has 0 unspecified atom stereocenters. The van der Waals surface area contributed by atoms with Crippen LogP contribution in [-0.2, 0) is 14.6 Å². The topological polar surface area (TPSA) is 63.2 Å². The van der Waals surface area contributed by atoms with Crippen molar-refractivity contribution < 1.29 is 13.2 Å². The molecular formula is C18H21NO3S. The predicted molar refractivity (Wildman–Crippen MR) is 91.1 cm³/mol. The molecule has 0 fully saturated rings. The maximum absolute atomic E-state index is 11.6. The van der Waals surface area contributed by atoms with Crippen molar-refractivity contribution in [3.8, 4) is 0 Å². The van der Waals surface area contributed by atoms with Crippen molar-refractivity contribution in [1.82, 2.24) is 5.32 Å². The van der Waals surface area contributed by atoms with Crippen LogP contribution >= 0.6 is 0 Å². The van der Waals surface area contributed by atoms with Gasteiger partial charge < -0.3 is 5.32 Å². The molecule has 2 rings (SSSR count). The molecular weight excluding hydrogens is 310 g/mol. The van der Waals surface area contributed by atoms with E-state index in [1.54, 1.807) is 12.1 Å². The van der Waals surface area contributed by atoms with Crippen LogP contribution in [0.1, 0.15) is 30.4 Å². The molecule has 5 heteroatoms. The first-order valence-corrected chi connectivity index (χ1v) is 9.36. The third-order valence-corrected chi connectivity index (χ3v) is 4.85. The van der Waals surface area contributed by atoms with E-state index in [4.69, 9.17) is 0 Å². The molecule has 0 bridgehead atoms. The van der Waals surface area contributed by atoms with Gasteiger partial charge in [0.2, 0.25) is 5.91 Å². The van der Waals surface area contributed by atoms with Gasteiger partial charge in [-0.25, -0.2) is 8.42 Å². The van der Waals surface area contributed by atoms with E-state index in [9.17, 15) is 13.2 Å². The molecule has 122 valence electrons. The van der Waals surface area contributed by atoms with E-state index in [-0.39, 0.29) is 11.8 Å². The summed E-state index contributed by atoms with van der Waals surface area (Å²) in [6.45, 7) is 2.07. The van der Waals surface area contributed by atoms with Crippen LogP contribution in [-0.4, -0.2) is 27.1 Å². The maximum atomic E-state index is 11.6. The van der Waals surface area contributed by atoms with Crippen molar-refractivity contribution in [1.29, 1.82) is 0 Å². The third kappa shape index (κ3) is 4.93. The minimum atomic E-state index is -3.20. The Balaban J connectivity index is 2.28. The van der Waals surface area contributed by atoms with Crippen LogP contribution in [0.2, 0.25) is 0 Å². The number of amides is 1. The number of nitrogens with one attached hydrogen (secondary N) is 1. The van der Waals surface area contributed by atoms with Gasteiger partial charge in [-0.15, -0.1) is 0 Å². The van der Waals surface area contributed by atoms with Crippen molar-refractivity contribution >= 4 is 15.7 Å². The average molecular weight is 331 g/mol. The lowest BCUT2D eigenvalue weighted by Crippen LogP contribution is -2.22. The second-order valence-corrected chi connectivity index (χ2v) is 7.59. The SMILES string of the molecule is CC(=O)NCC[C@@H](c1ccccc1)c1ccc(S(C)(=O)=O)cc1. The van der Waals surface area contributed by atoms with E-state index in [0.29, 0.717) is 11.4 Å². The van der Waals surface area contributed by atoms with Gasteiger partial charge in [0.05, 0.1) is 4.90 Å². The number of hydrogen-bond acceptors (Lipinski definition) is 3. The third-order valence-electron chi connectivity index (χ3n) is 3.72. The van der Waals surface area contributed by atoms with Gasteiger partial charge in [-0.05, 0) is 29.7 Å². The Bertz CT molecular complexity index is 753. The molecule has 2 aromatic rings. The van der Waals surface area contributed by atoms with Gasteiger partial charge >= 0.3 is 0 Å². The number of sulfone groups is 1. The zero-order chi connectivity index (χ0) is 16.9. The molecule has 1 N–H and O–H groups in total. The second kappa shape index (κ2) is 7.42. The molecule has 4 nitrogen and oxygen atoms in total. The molecule has 0 aliphatic heterocycles. The summed E-state index contributed by atoms with van der Waals surface area (Å²) in [6, 6.07) is 17.0. The highest BCUT2D eigenvalue weighted by molar-refractivity contribution is 7.90. The zero-order valence-corrected chi connectivity index (χ0v) is 14.1. The van der Waals surface area contributed by atoms with E-state index in [1.807, 2.05) is 42.5 Å². The molecule has 1 amide bonds. The van der Waals surface area contributed by atoms with Gasteiger partial charge in [-0.1, -0.05) is 42.5 Å².